The Balaban J connectivity index is 1.91. The van der Waals surface area contributed by atoms with Gasteiger partial charge in [0.25, 0.3) is 0 Å². The van der Waals surface area contributed by atoms with Crippen molar-refractivity contribution >= 4 is 11.8 Å². The van der Waals surface area contributed by atoms with Crippen LogP contribution in [-0.4, -0.2) is 15.7 Å². The van der Waals surface area contributed by atoms with Crippen molar-refractivity contribution < 1.29 is 13.9 Å². The number of esters is 1. The van der Waals surface area contributed by atoms with Crippen LogP contribution in [0.15, 0.2) is 30.5 Å². The third-order valence-electron chi connectivity index (χ3n) is 2.65. The minimum absolute atomic E-state index is 0.0223. The Morgan fingerprint density at radius 3 is 2.95 bits per heavy atom. The fourth-order valence-corrected chi connectivity index (χ4v) is 1.60. The fraction of sp³-hybridized carbons (Fsp3) is 0.231. The van der Waals surface area contributed by atoms with E-state index >= 15 is 0 Å². The van der Waals surface area contributed by atoms with Crippen LogP contribution in [-0.2, 0) is 22.7 Å². The number of nitrogens with two attached hydrogens (primary N) is 1. The van der Waals surface area contributed by atoms with E-state index in [0.29, 0.717) is 11.4 Å². The van der Waals surface area contributed by atoms with E-state index in [-0.39, 0.29) is 19.0 Å². The Bertz CT molecular complexity index is 595. The number of hydrogen-bond donors (Lipinski definition) is 1. The number of nitrogens with zero attached hydrogens (tertiary/aromatic N) is 2. The highest BCUT2D eigenvalue weighted by Gasteiger charge is 2.07. The van der Waals surface area contributed by atoms with Crippen molar-refractivity contribution in [2.45, 2.75) is 20.1 Å². The number of rotatable bonds is 4. The maximum atomic E-state index is 13.1. The molecule has 1 aromatic carbocycles. The number of aromatic nitrogens is 2. The molecule has 5 nitrogen and oxygen atoms in total. The maximum absolute atomic E-state index is 13.1. The molecule has 0 aliphatic rings. The summed E-state index contributed by atoms with van der Waals surface area (Å²) in [5.74, 6) is -0.461. The smallest absolute Gasteiger partial charge is 0.328 e. The zero-order valence-corrected chi connectivity index (χ0v) is 10.5. The number of anilines is 1. The van der Waals surface area contributed by atoms with E-state index in [2.05, 4.69) is 5.10 Å². The summed E-state index contributed by atoms with van der Waals surface area (Å²) in [6, 6.07) is 5.96. The lowest BCUT2D eigenvalue weighted by atomic mass is 10.1. The molecule has 0 unspecified atom stereocenters. The summed E-state index contributed by atoms with van der Waals surface area (Å²) < 4.78 is 19.5. The van der Waals surface area contributed by atoms with E-state index < -0.39 is 5.97 Å². The van der Waals surface area contributed by atoms with Crippen LogP contribution in [0.5, 0.6) is 0 Å². The van der Waals surface area contributed by atoms with Crippen LogP contribution in [0.2, 0.25) is 0 Å². The number of carbonyl (C=O) groups is 1. The molecular formula is C13H14FN3O2. The summed E-state index contributed by atoms with van der Waals surface area (Å²) in [5, 5.41) is 3.87. The van der Waals surface area contributed by atoms with E-state index in [0.717, 1.165) is 5.56 Å². The highest BCUT2D eigenvalue weighted by molar-refractivity contribution is 5.69. The largest absolute Gasteiger partial charge is 0.459 e. The quantitative estimate of drug-likeness (QED) is 0.852. The molecule has 0 atom stereocenters. The summed E-state index contributed by atoms with van der Waals surface area (Å²) >= 11 is 0. The number of benzene rings is 1. The Morgan fingerprint density at radius 2 is 2.26 bits per heavy atom. The third-order valence-corrected chi connectivity index (χ3v) is 2.65. The van der Waals surface area contributed by atoms with Gasteiger partial charge >= 0.3 is 5.97 Å². The Labute approximate surface area is 109 Å². The first-order valence-electron chi connectivity index (χ1n) is 5.74. The first kappa shape index (κ1) is 13.1. The van der Waals surface area contributed by atoms with Crippen LogP contribution >= 0.6 is 0 Å². The van der Waals surface area contributed by atoms with Crippen LogP contribution in [0.25, 0.3) is 0 Å². The van der Waals surface area contributed by atoms with Crippen molar-refractivity contribution in [1.82, 2.24) is 9.78 Å². The molecule has 0 amide bonds. The van der Waals surface area contributed by atoms with Gasteiger partial charge in [0.15, 0.2) is 0 Å². The van der Waals surface area contributed by atoms with Gasteiger partial charge in [-0.05, 0) is 36.2 Å². The minimum atomic E-state index is -0.452. The Morgan fingerprint density at radius 1 is 1.47 bits per heavy atom. The second kappa shape index (κ2) is 5.51. The van der Waals surface area contributed by atoms with Gasteiger partial charge in [-0.25, -0.2) is 4.39 Å². The van der Waals surface area contributed by atoms with Crippen molar-refractivity contribution in [3.05, 3.63) is 47.4 Å². The molecule has 2 rings (SSSR count). The Hall–Kier alpha value is -2.37. The summed E-state index contributed by atoms with van der Waals surface area (Å²) in [6.07, 6.45) is 1.59. The van der Waals surface area contributed by atoms with Gasteiger partial charge in [-0.2, -0.15) is 5.10 Å². The molecule has 0 radical (unpaired) electrons. The van der Waals surface area contributed by atoms with Gasteiger partial charge in [-0.1, -0.05) is 6.07 Å². The number of nitrogen functional groups attached to an aromatic ring is 1. The monoisotopic (exact) mass is 263 g/mol. The standard InChI is InChI=1S/C13H14FN3O2/c1-9-2-3-11(14)6-10(9)8-19-13(18)7-17-5-4-12(15)16-17/h2-6H,7-8H2,1H3,(H2,15,16). The number of carbonyl (C=O) groups excluding carboxylic acids is 1. The number of ether oxygens (including phenoxy) is 1. The van der Waals surface area contributed by atoms with Crippen molar-refractivity contribution in [1.29, 1.82) is 0 Å². The van der Waals surface area contributed by atoms with Gasteiger partial charge in [0.05, 0.1) is 0 Å². The predicted octanol–water partition coefficient (Wildman–Crippen LogP) is 1.66. The summed E-state index contributed by atoms with van der Waals surface area (Å²) in [4.78, 5) is 11.6. The summed E-state index contributed by atoms with van der Waals surface area (Å²) in [6.45, 7) is 1.85. The van der Waals surface area contributed by atoms with E-state index in [1.54, 1.807) is 18.3 Å². The molecule has 2 aromatic rings. The lowest BCUT2D eigenvalue weighted by molar-refractivity contribution is -0.145. The van der Waals surface area contributed by atoms with E-state index in [4.69, 9.17) is 10.5 Å². The minimum Gasteiger partial charge on any atom is -0.459 e. The molecule has 100 valence electrons. The first-order valence-corrected chi connectivity index (χ1v) is 5.74. The van der Waals surface area contributed by atoms with Crippen molar-refractivity contribution in [2.24, 2.45) is 0 Å². The molecule has 1 aromatic heterocycles. The first-order chi connectivity index (χ1) is 9.04. The van der Waals surface area contributed by atoms with Gasteiger partial charge in [0.1, 0.15) is 24.8 Å². The van der Waals surface area contributed by atoms with E-state index in [9.17, 15) is 9.18 Å². The molecule has 2 N–H and O–H groups in total. The van der Waals surface area contributed by atoms with Gasteiger partial charge in [0.2, 0.25) is 0 Å². The molecule has 0 spiro atoms. The average Bonchev–Trinajstić information content (AvgIpc) is 2.76. The predicted molar refractivity (Wildman–Crippen MR) is 67.6 cm³/mol. The summed E-state index contributed by atoms with van der Waals surface area (Å²) in [5.41, 5.74) is 6.95. The van der Waals surface area contributed by atoms with Crippen LogP contribution in [0, 0.1) is 12.7 Å². The van der Waals surface area contributed by atoms with E-state index in [1.165, 1.54) is 16.8 Å². The maximum Gasteiger partial charge on any atom is 0.328 e. The number of hydrogen-bond acceptors (Lipinski definition) is 4. The normalized spacial score (nSPS) is 10.4. The molecule has 0 saturated carbocycles. The topological polar surface area (TPSA) is 70.1 Å². The highest BCUT2D eigenvalue weighted by atomic mass is 19.1. The molecular weight excluding hydrogens is 249 g/mol. The SMILES string of the molecule is Cc1ccc(F)cc1COC(=O)Cn1ccc(N)n1. The Kier molecular flexibility index (Phi) is 3.79. The molecule has 0 fully saturated rings. The molecule has 0 saturated heterocycles. The molecule has 0 aliphatic carbocycles. The second-order valence-corrected chi connectivity index (χ2v) is 4.17. The van der Waals surface area contributed by atoms with Gasteiger partial charge in [-0.3, -0.25) is 9.48 Å². The number of halogens is 1. The molecule has 6 heteroatoms. The zero-order valence-electron chi connectivity index (χ0n) is 10.5. The van der Waals surface area contributed by atoms with E-state index in [1.807, 2.05) is 6.92 Å². The molecule has 0 bridgehead atoms. The third kappa shape index (κ3) is 3.54. The zero-order chi connectivity index (χ0) is 13.8. The van der Waals surface area contributed by atoms with Gasteiger partial charge < -0.3 is 10.5 Å². The molecule has 1 heterocycles. The molecule has 19 heavy (non-hydrogen) atoms. The lowest BCUT2D eigenvalue weighted by Gasteiger charge is -2.07. The van der Waals surface area contributed by atoms with Crippen LogP contribution in [0.4, 0.5) is 10.2 Å². The van der Waals surface area contributed by atoms with Crippen molar-refractivity contribution in [2.75, 3.05) is 5.73 Å². The highest BCUT2D eigenvalue weighted by Crippen LogP contribution is 2.11. The van der Waals surface area contributed by atoms with Crippen LogP contribution in [0.1, 0.15) is 11.1 Å². The number of aryl methyl sites for hydroxylation is 1. The van der Waals surface area contributed by atoms with Crippen LogP contribution < -0.4 is 5.73 Å². The van der Waals surface area contributed by atoms with Crippen LogP contribution in [0.3, 0.4) is 0 Å². The lowest BCUT2D eigenvalue weighted by Crippen LogP contribution is -2.14. The average molecular weight is 263 g/mol. The van der Waals surface area contributed by atoms with Gasteiger partial charge in [-0.15, -0.1) is 0 Å². The molecule has 0 aliphatic heterocycles. The van der Waals surface area contributed by atoms with Crippen molar-refractivity contribution in [3.63, 3.8) is 0 Å². The fourth-order valence-electron chi connectivity index (χ4n) is 1.60. The second-order valence-electron chi connectivity index (χ2n) is 4.17. The summed E-state index contributed by atoms with van der Waals surface area (Å²) in [7, 11) is 0. The van der Waals surface area contributed by atoms with Gasteiger partial charge in [0, 0.05) is 6.20 Å². The van der Waals surface area contributed by atoms with Crippen molar-refractivity contribution in [3.8, 4) is 0 Å².